The molecule has 1 atom stereocenters. The average Bonchev–Trinajstić information content (AvgIpc) is 2.11. The zero-order chi connectivity index (χ0) is 10.7. The third-order valence-electron chi connectivity index (χ3n) is 1.93. The van der Waals surface area contributed by atoms with E-state index in [1.54, 1.807) is 12.1 Å². The third-order valence-corrected chi connectivity index (χ3v) is 3.00. The number of hydrogen-bond acceptors (Lipinski definition) is 3. The molecule has 0 spiro atoms. The van der Waals surface area contributed by atoms with Gasteiger partial charge in [-0.2, -0.15) is 0 Å². The molecule has 1 aromatic carbocycles. The van der Waals surface area contributed by atoms with Crippen molar-refractivity contribution in [3.05, 3.63) is 26.6 Å². The lowest BCUT2D eigenvalue weighted by molar-refractivity contribution is 0.455. The normalized spacial score (nSPS) is 12.9. The van der Waals surface area contributed by atoms with E-state index in [4.69, 9.17) is 11.5 Å². The van der Waals surface area contributed by atoms with Crippen LogP contribution in [0.5, 0.6) is 5.75 Å². The zero-order valence-electron chi connectivity index (χ0n) is 7.50. The van der Waals surface area contributed by atoms with Crippen LogP contribution < -0.4 is 11.5 Å². The van der Waals surface area contributed by atoms with Crippen LogP contribution in [0.1, 0.15) is 18.0 Å². The van der Waals surface area contributed by atoms with E-state index in [0.29, 0.717) is 23.0 Å². The Bertz CT molecular complexity index is 331. The van der Waals surface area contributed by atoms with Crippen LogP contribution in [0.25, 0.3) is 0 Å². The highest BCUT2D eigenvalue weighted by Crippen LogP contribution is 2.35. The van der Waals surface area contributed by atoms with E-state index in [-0.39, 0.29) is 11.8 Å². The number of benzene rings is 1. The minimum Gasteiger partial charge on any atom is -0.506 e. The first-order valence-electron chi connectivity index (χ1n) is 4.19. The molecular formula is C9H12Br2N2O. The van der Waals surface area contributed by atoms with E-state index >= 15 is 0 Å². The topological polar surface area (TPSA) is 72.3 Å². The lowest BCUT2D eigenvalue weighted by atomic mass is 10.0. The Balaban J connectivity index is 3.07. The van der Waals surface area contributed by atoms with Crippen molar-refractivity contribution in [2.45, 2.75) is 12.5 Å². The largest absolute Gasteiger partial charge is 0.506 e. The molecular weight excluding hydrogens is 312 g/mol. The summed E-state index contributed by atoms with van der Waals surface area (Å²) in [6.07, 6.45) is 0.649. The number of phenolic OH excluding ortho intramolecular Hbond substituents is 1. The van der Waals surface area contributed by atoms with Gasteiger partial charge >= 0.3 is 0 Å². The highest BCUT2D eigenvalue weighted by molar-refractivity contribution is 9.11. The van der Waals surface area contributed by atoms with E-state index in [2.05, 4.69) is 31.9 Å². The Morgan fingerprint density at radius 1 is 1.36 bits per heavy atom. The van der Waals surface area contributed by atoms with Gasteiger partial charge in [-0.05, 0) is 41.0 Å². The molecule has 0 radical (unpaired) electrons. The maximum Gasteiger partial charge on any atom is 0.134 e. The molecule has 0 heterocycles. The first-order chi connectivity index (χ1) is 6.56. The fraction of sp³-hybridized carbons (Fsp3) is 0.333. The highest BCUT2D eigenvalue weighted by Gasteiger charge is 2.13. The minimum atomic E-state index is -0.228. The van der Waals surface area contributed by atoms with E-state index in [9.17, 15) is 5.11 Å². The maximum atomic E-state index is 9.73. The van der Waals surface area contributed by atoms with Gasteiger partial charge in [0.25, 0.3) is 0 Å². The number of hydrogen-bond donors (Lipinski definition) is 3. The van der Waals surface area contributed by atoms with Gasteiger partial charge in [0.05, 0.1) is 4.47 Å². The summed E-state index contributed by atoms with van der Waals surface area (Å²) in [5, 5.41) is 9.73. The summed E-state index contributed by atoms with van der Waals surface area (Å²) in [5.74, 6) is 0.189. The van der Waals surface area contributed by atoms with E-state index in [1.807, 2.05) is 0 Å². The van der Waals surface area contributed by atoms with Crippen molar-refractivity contribution in [1.29, 1.82) is 0 Å². The highest BCUT2D eigenvalue weighted by atomic mass is 79.9. The van der Waals surface area contributed by atoms with Crippen LogP contribution in [0.2, 0.25) is 0 Å². The summed E-state index contributed by atoms with van der Waals surface area (Å²) in [6.45, 7) is 0.505. The Morgan fingerprint density at radius 2 is 2.00 bits per heavy atom. The van der Waals surface area contributed by atoms with Gasteiger partial charge < -0.3 is 16.6 Å². The molecule has 0 unspecified atom stereocenters. The first kappa shape index (κ1) is 12.0. The van der Waals surface area contributed by atoms with Gasteiger partial charge in [-0.3, -0.25) is 0 Å². The molecule has 0 aliphatic carbocycles. The standard InChI is InChI=1S/C9H12Br2N2O/c10-5-3-6(8(13)1-2-12)9(14)7(11)4-5/h3-4,8,14H,1-2,12-13H2/t8-/m0/s1. The maximum absolute atomic E-state index is 9.73. The second-order valence-electron chi connectivity index (χ2n) is 3.01. The monoisotopic (exact) mass is 322 g/mol. The molecule has 1 rings (SSSR count). The van der Waals surface area contributed by atoms with Crippen LogP contribution in [0, 0.1) is 0 Å². The Hall–Kier alpha value is -0.100. The van der Waals surface area contributed by atoms with Gasteiger partial charge in [-0.1, -0.05) is 15.9 Å². The second kappa shape index (κ2) is 5.11. The fourth-order valence-corrected chi connectivity index (χ4v) is 2.46. The molecule has 0 bridgehead atoms. The molecule has 14 heavy (non-hydrogen) atoms. The van der Waals surface area contributed by atoms with Crippen molar-refractivity contribution in [3.8, 4) is 5.75 Å². The molecule has 0 aromatic heterocycles. The molecule has 3 nitrogen and oxygen atoms in total. The predicted octanol–water partition coefficient (Wildman–Crippen LogP) is 2.27. The zero-order valence-corrected chi connectivity index (χ0v) is 10.7. The van der Waals surface area contributed by atoms with Gasteiger partial charge in [-0.15, -0.1) is 0 Å². The molecule has 0 amide bonds. The van der Waals surface area contributed by atoms with Crippen molar-refractivity contribution in [2.75, 3.05) is 6.54 Å². The summed E-state index contributed by atoms with van der Waals surface area (Å²) in [5.41, 5.74) is 12.0. The Labute approximate surface area is 99.7 Å². The van der Waals surface area contributed by atoms with Crippen LogP contribution in [-0.4, -0.2) is 11.7 Å². The smallest absolute Gasteiger partial charge is 0.134 e. The van der Waals surface area contributed by atoms with Crippen LogP contribution in [0.15, 0.2) is 21.1 Å². The molecule has 0 aliphatic heterocycles. The molecule has 5 heteroatoms. The van der Waals surface area contributed by atoms with E-state index < -0.39 is 0 Å². The van der Waals surface area contributed by atoms with Gasteiger partial charge in [0, 0.05) is 16.1 Å². The predicted molar refractivity (Wildman–Crippen MR) is 64.1 cm³/mol. The Kier molecular flexibility index (Phi) is 4.37. The van der Waals surface area contributed by atoms with E-state index in [0.717, 1.165) is 4.47 Å². The van der Waals surface area contributed by atoms with Gasteiger partial charge in [0.2, 0.25) is 0 Å². The van der Waals surface area contributed by atoms with Crippen molar-refractivity contribution >= 4 is 31.9 Å². The lowest BCUT2D eigenvalue weighted by Crippen LogP contribution is -2.15. The van der Waals surface area contributed by atoms with Crippen LogP contribution in [0.3, 0.4) is 0 Å². The van der Waals surface area contributed by atoms with Gasteiger partial charge in [-0.25, -0.2) is 0 Å². The molecule has 5 N–H and O–H groups in total. The minimum absolute atomic E-state index is 0.189. The molecule has 0 aliphatic rings. The van der Waals surface area contributed by atoms with Crippen molar-refractivity contribution in [2.24, 2.45) is 11.5 Å². The quantitative estimate of drug-likeness (QED) is 0.799. The molecule has 0 saturated heterocycles. The first-order valence-corrected chi connectivity index (χ1v) is 5.78. The lowest BCUT2D eigenvalue weighted by Gasteiger charge is -2.14. The van der Waals surface area contributed by atoms with Crippen molar-refractivity contribution < 1.29 is 5.11 Å². The molecule has 0 saturated carbocycles. The van der Waals surface area contributed by atoms with E-state index in [1.165, 1.54) is 0 Å². The Morgan fingerprint density at radius 3 is 2.57 bits per heavy atom. The number of phenols is 1. The number of halogens is 2. The molecule has 0 fully saturated rings. The number of nitrogens with two attached hydrogens (primary N) is 2. The SMILES string of the molecule is NCC[C@H](N)c1cc(Br)cc(Br)c1O. The average molecular weight is 324 g/mol. The van der Waals surface area contributed by atoms with Gasteiger partial charge in [0.1, 0.15) is 5.75 Å². The fourth-order valence-electron chi connectivity index (χ4n) is 1.20. The summed E-state index contributed by atoms with van der Waals surface area (Å²) < 4.78 is 1.51. The van der Waals surface area contributed by atoms with Crippen molar-refractivity contribution in [1.82, 2.24) is 0 Å². The third kappa shape index (κ3) is 2.70. The summed E-state index contributed by atoms with van der Waals surface area (Å²) in [7, 11) is 0. The van der Waals surface area contributed by atoms with Crippen molar-refractivity contribution in [3.63, 3.8) is 0 Å². The molecule has 1 aromatic rings. The summed E-state index contributed by atoms with van der Waals surface area (Å²) in [4.78, 5) is 0. The second-order valence-corrected chi connectivity index (χ2v) is 4.78. The number of rotatable bonds is 3. The van der Waals surface area contributed by atoms with Crippen LogP contribution >= 0.6 is 31.9 Å². The number of aromatic hydroxyl groups is 1. The summed E-state index contributed by atoms with van der Waals surface area (Å²) in [6, 6.07) is 3.35. The molecule has 78 valence electrons. The van der Waals surface area contributed by atoms with Gasteiger partial charge in [0.15, 0.2) is 0 Å². The van der Waals surface area contributed by atoms with Crippen LogP contribution in [0.4, 0.5) is 0 Å². The summed E-state index contributed by atoms with van der Waals surface area (Å²) >= 11 is 6.59. The van der Waals surface area contributed by atoms with Crippen LogP contribution in [-0.2, 0) is 0 Å².